The van der Waals surface area contributed by atoms with E-state index in [1.54, 1.807) is 12.1 Å². The van der Waals surface area contributed by atoms with Gasteiger partial charge in [-0.25, -0.2) is 8.42 Å². The van der Waals surface area contributed by atoms with Crippen molar-refractivity contribution >= 4 is 21.4 Å². The number of hydrogen-bond acceptors (Lipinski definition) is 6. The van der Waals surface area contributed by atoms with Crippen molar-refractivity contribution in [2.75, 3.05) is 42.6 Å². The Morgan fingerprint density at radius 3 is 2.52 bits per heavy atom. The second-order valence-corrected chi connectivity index (χ2v) is 9.02. The highest BCUT2D eigenvalue weighted by molar-refractivity contribution is 7.91. The number of nitrogens with zero attached hydrogens (tertiary/aromatic N) is 2. The zero-order valence-corrected chi connectivity index (χ0v) is 15.2. The quantitative estimate of drug-likeness (QED) is 0.791. The van der Waals surface area contributed by atoms with Crippen LogP contribution in [0.2, 0.25) is 0 Å². The molecule has 0 saturated carbocycles. The molecule has 2 saturated heterocycles. The van der Waals surface area contributed by atoms with Crippen molar-refractivity contribution in [3.05, 3.63) is 24.3 Å². The van der Waals surface area contributed by atoms with Crippen molar-refractivity contribution in [2.24, 2.45) is 0 Å². The third-order valence-corrected chi connectivity index (χ3v) is 6.81. The van der Waals surface area contributed by atoms with Crippen LogP contribution < -0.4 is 10.2 Å². The molecule has 3 rings (SSSR count). The van der Waals surface area contributed by atoms with Crippen molar-refractivity contribution in [1.29, 1.82) is 0 Å². The molecule has 138 valence electrons. The number of piperazine rings is 1. The standard InChI is InChI=1S/C17H25N3O4S/c1-13(17(22)18-14-6-11-25(23,24)12-14)19-7-9-20(10-8-19)15-4-2-3-5-16(15)21/h2-5,13-14,21H,6-12H2,1H3,(H,18,22)/t13-,14+/m1/s1. The van der Waals surface area contributed by atoms with Crippen molar-refractivity contribution in [3.8, 4) is 5.75 Å². The summed E-state index contributed by atoms with van der Waals surface area (Å²) in [5.41, 5.74) is 0.815. The monoisotopic (exact) mass is 367 g/mol. The highest BCUT2D eigenvalue weighted by Crippen LogP contribution is 2.27. The summed E-state index contributed by atoms with van der Waals surface area (Å²) in [5.74, 6) is 0.361. The minimum absolute atomic E-state index is 0.0481. The summed E-state index contributed by atoms with van der Waals surface area (Å²) in [6.07, 6.45) is 0.502. The van der Waals surface area contributed by atoms with Crippen LogP contribution in [0.3, 0.4) is 0 Å². The Hall–Kier alpha value is -1.80. The average molecular weight is 367 g/mol. The molecule has 1 aromatic carbocycles. The number of rotatable bonds is 4. The second kappa shape index (κ2) is 7.21. The van der Waals surface area contributed by atoms with Crippen LogP contribution in [-0.4, -0.2) is 74.1 Å². The summed E-state index contributed by atoms with van der Waals surface area (Å²) in [6, 6.07) is 6.70. The molecule has 0 aromatic heterocycles. The van der Waals surface area contributed by atoms with Gasteiger partial charge in [0.25, 0.3) is 0 Å². The van der Waals surface area contributed by atoms with Crippen LogP contribution in [0.5, 0.6) is 5.75 Å². The summed E-state index contributed by atoms with van der Waals surface area (Å²) in [5, 5.41) is 12.8. The Morgan fingerprint density at radius 2 is 1.92 bits per heavy atom. The molecular formula is C17H25N3O4S. The highest BCUT2D eigenvalue weighted by Gasteiger charge is 2.32. The van der Waals surface area contributed by atoms with Crippen LogP contribution in [-0.2, 0) is 14.6 Å². The van der Waals surface area contributed by atoms with E-state index in [9.17, 15) is 18.3 Å². The number of phenols is 1. The summed E-state index contributed by atoms with van der Waals surface area (Å²) in [4.78, 5) is 16.6. The first-order chi connectivity index (χ1) is 11.9. The van der Waals surface area contributed by atoms with Gasteiger partial charge in [-0.2, -0.15) is 0 Å². The fourth-order valence-corrected chi connectivity index (χ4v) is 5.15. The van der Waals surface area contributed by atoms with Gasteiger partial charge in [-0.3, -0.25) is 9.69 Å². The molecule has 0 spiro atoms. The Bertz CT molecular complexity index is 729. The van der Waals surface area contributed by atoms with E-state index in [2.05, 4.69) is 15.1 Å². The van der Waals surface area contributed by atoms with Gasteiger partial charge in [0.2, 0.25) is 5.91 Å². The topological polar surface area (TPSA) is 90.0 Å². The maximum absolute atomic E-state index is 12.4. The van der Waals surface area contributed by atoms with Gasteiger partial charge in [-0.05, 0) is 25.5 Å². The Balaban J connectivity index is 1.52. The van der Waals surface area contributed by atoms with Gasteiger partial charge in [-0.15, -0.1) is 0 Å². The van der Waals surface area contributed by atoms with Crippen LogP contribution in [0.1, 0.15) is 13.3 Å². The van der Waals surface area contributed by atoms with Gasteiger partial charge in [0, 0.05) is 32.2 Å². The Labute approximate surface area is 148 Å². The molecule has 0 radical (unpaired) electrons. The van der Waals surface area contributed by atoms with Crippen LogP contribution in [0.25, 0.3) is 0 Å². The number of benzene rings is 1. The molecule has 2 N–H and O–H groups in total. The van der Waals surface area contributed by atoms with Gasteiger partial charge in [-0.1, -0.05) is 12.1 Å². The van der Waals surface area contributed by atoms with Crippen LogP contribution in [0.4, 0.5) is 5.69 Å². The summed E-state index contributed by atoms with van der Waals surface area (Å²) in [7, 11) is -2.99. The largest absolute Gasteiger partial charge is 0.506 e. The summed E-state index contributed by atoms with van der Waals surface area (Å²) >= 11 is 0. The van der Waals surface area contributed by atoms with Crippen molar-refractivity contribution in [2.45, 2.75) is 25.4 Å². The van der Waals surface area contributed by atoms with Crippen molar-refractivity contribution in [3.63, 3.8) is 0 Å². The smallest absolute Gasteiger partial charge is 0.237 e. The minimum Gasteiger partial charge on any atom is -0.506 e. The molecule has 2 aliphatic rings. The molecule has 0 aliphatic carbocycles. The summed E-state index contributed by atoms with van der Waals surface area (Å²) < 4.78 is 23.0. The lowest BCUT2D eigenvalue weighted by molar-refractivity contribution is -0.126. The molecule has 1 amide bonds. The molecule has 0 unspecified atom stereocenters. The number of phenolic OH excluding ortho intramolecular Hbond substituents is 1. The zero-order valence-electron chi connectivity index (χ0n) is 14.4. The Morgan fingerprint density at radius 1 is 1.24 bits per heavy atom. The number of hydrogen-bond donors (Lipinski definition) is 2. The van der Waals surface area contributed by atoms with E-state index in [0.29, 0.717) is 19.5 Å². The van der Waals surface area contributed by atoms with Crippen LogP contribution in [0, 0.1) is 0 Å². The van der Waals surface area contributed by atoms with Crippen molar-refractivity contribution < 1.29 is 18.3 Å². The molecule has 2 fully saturated rings. The van der Waals surface area contributed by atoms with Crippen LogP contribution in [0.15, 0.2) is 24.3 Å². The van der Waals surface area contributed by atoms with E-state index in [-0.39, 0.29) is 35.2 Å². The predicted octanol–water partition coefficient (Wildman–Crippen LogP) is 0.206. The normalized spacial score (nSPS) is 24.8. The van der Waals surface area contributed by atoms with Crippen molar-refractivity contribution in [1.82, 2.24) is 10.2 Å². The third kappa shape index (κ3) is 4.24. The van der Waals surface area contributed by atoms with E-state index in [0.717, 1.165) is 18.8 Å². The minimum atomic E-state index is -2.99. The van der Waals surface area contributed by atoms with Gasteiger partial charge >= 0.3 is 0 Å². The zero-order chi connectivity index (χ0) is 18.0. The first-order valence-corrected chi connectivity index (χ1v) is 10.5. The maximum Gasteiger partial charge on any atom is 0.237 e. The number of aromatic hydroxyl groups is 1. The number of carbonyl (C=O) groups excluding carboxylic acids is 1. The van der Waals surface area contributed by atoms with E-state index in [1.165, 1.54) is 0 Å². The van der Waals surface area contributed by atoms with Gasteiger partial charge in [0.1, 0.15) is 5.75 Å². The molecule has 7 nitrogen and oxygen atoms in total. The second-order valence-electron chi connectivity index (χ2n) is 6.80. The van der Waals surface area contributed by atoms with E-state index in [1.807, 2.05) is 19.1 Å². The first-order valence-electron chi connectivity index (χ1n) is 8.63. The molecule has 8 heteroatoms. The predicted molar refractivity (Wildman–Crippen MR) is 96.6 cm³/mol. The molecule has 0 bridgehead atoms. The van der Waals surface area contributed by atoms with E-state index in [4.69, 9.17) is 0 Å². The SMILES string of the molecule is C[C@H](C(=O)N[C@H]1CCS(=O)(=O)C1)N1CCN(c2ccccc2O)CC1. The van der Waals surface area contributed by atoms with Crippen LogP contribution >= 0.6 is 0 Å². The molecular weight excluding hydrogens is 342 g/mol. The molecule has 1 aromatic rings. The third-order valence-electron chi connectivity index (χ3n) is 5.04. The number of anilines is 1. The molecule has 2 heterocycles. The fourth-order valence-electron chi connectivity index (χ4n) is 3.48. The van der Waals surface area contributed by atoms with E-state index >= 15 is 0 Å². The summed E-state index contributed by atoms with van der Waals surface area (Å²) in [6.45, 7) is 4.74. The van der Waals surface area contributed by atoms with Gasteiger partial charge in [0.15, 0.2) is 9.84 Å². The number of sulfone groups is 1. The molecule has 25 heavy (non-hydrogen) atoms. The lowest BCUT2D eigenvalue weighted by Gasteiger charge is -2.38. The Kier molecular flexibility index (Phi) is 5.19. The highest BCUT2D eigenvalue weighted by atomic mass is 32.2. The van der Waals surface area contributed by atoms with E-state index < -0.39 is 9.84 Å². The lowest BCUT2D eigenvalue weighted by Crippen LogP contribution is -2.55. The number of para-hydroxylation sites is 2. The molecule has 2 aliphatic heterocycles. The molecule has 2 atom stereocenters. The lowest BCUT2D eigenvalue weighted by atomic mass is 10.1. The fraction of sp³-hybridized carbons (Fsp3) is 0.588. The van der Waals surface area contributed by atoms with Gasteiger partial charge in [0.05, 0.1) is 23.2 Å². The number of carbonyl (C=O) groups is 1. The van der Waals surface area contributed by atoms with Gasteiger partial charge < -0.3 is 15.3 Å². The number of nitrogens with one attached hydrogen (secondary N) is 1. The first kappa shape index (κ1) is 18.0. The number of amides is 1. The maximum atomic E-state index is 12.4. The average Bonchev–Trinajstić information content (AvgIpc) is 2.93.